The zero-order valence-electron chi connectivity index (χ0n) is 12.7. The van der Waals surface area contributed by atoms with Gasteiger partial charge in [0.2, 0.25) is 5.91 Å². The first-order valence-electron chi connectivity index (χ1n) is 7.72. The molecule has 2 fully saturated rings. The van der Waals surface area contributed by atoms with Gasteiger partial charge in [0.15, 0.2) is 0 Å². The fraction of sp³-hybridized carbons (Fsp3) is 0.933. The van der Waals surface area contributed by atoms with E-state index in [1.165, 1.54) is 0 Å². The molecule has 1 heterocycles. The first-order chi connectivity index (χ1) is 9.41. The van der Waals surface area contributed by atoms with Gasteiger partial charge in [-0.15, -0.1) is 0 Å². The van der Waals surface area contributed by atoms with Gasteiger partial charge in [0.1, 0.15) is 0 Å². The molecule has 1 amide bonds. The van der Waals surface area contributed by atoms with E-state index >= 15 is 0 Å². The van der Waals surface area contributed by atoms with Gasteiger partial charge in [-0.3, -0.25) is 4.79 Å². The van der Waals surface area contributed by atoms with Crippen LogP contribution in [0.5, 0.6) is 0 Å². The quantitative estimate of drug-likeness (QED) is 0.802. The molecule has 3 atom stereocenters. The standard InChI is InChI=1S/C15H28N2O3/c1-11-9-12(3-4-13(11)16)14(18)17(2)10-15(19)5-7-20-8-6-15/h11-13,19H,3-10,16H2,1-2H3. The average Bonchev–Trinajstić information content (AvgIpc) is 2.41. The second kappa shape index (κ2) is 6.41. The van der Waals surface area contributed by atoms with Crippen molar-refractivity contribution in [2.45, 2.75) is 50.7 Å². The van der Waals surface area contributed by atoms with E-state index in [0.29, 0.717) is 38.5 Å². The minimum Gasteiger partial charge on any atom is -0.388 e. The summed E-state index contributed by atoms with van der Waals surface area (Å²) in [7, 11) is 1.80. The summed E-state index contributed by atoms with van der Waals surface area (Å²) >= 11 is 0. The molecule has 2 aliphatic rings. The maximum atomic E-state index is 12.5. The first-order valence-corrected chi connectivity index (χ1v) is 7.72. The summed E-state index contributed by atoms with van der Waals surface area (Å²) < 4.78 is 5.27. The van der Waals surface area contributed by atoms with Crippen molar-refractivity contribution in [2.75, 3.05) is 26.8 Å². The van der Waals surface area contributed by atoms with Gasteiger partial charge in [-0.1, -0.05) is 6.92 Å². The van der Waals surface area contributed by atoms with Crippen molar-refractivity contribution in [1.29, 1.82) is 0 Å². The van der Waals surface area contributed by atoms with Gasteiger partial charge in [-0.2, -0.15) is 0 Å². The topological polar surface area (TPSA) is 75.8 Å². The van der Waals surface area contributed by atoms with Crippen LogP contribution < -0.4 is 5.73 Å². The number of rotatable bonds is 3. The van der Waals surface area contributed by atoms with Crippen molar-refractivity contribution >= 4 is 5.91 Å². The fourth-order valence-electron chi connectivity index (χ4n) is 3.38. The number of aliphatic hydroxyl groups is 1. The molecule has 0 aromatic rings. The Bertz CT molecular complexity index is 342. The third-order valence-corrected chi connectivity index (χ3v) is 4.92. The number of amides is 1. The molecule has 1 saturated heterocycles. The minimum absolute atomic E-state index is 0.0678. The molecule has 0 spiro atoms. The monoisotopic (exact) mass is 284 g/mol. The summed E-state index contributed by atoms with van der Waals surface area (Å²) in [5.41, 5.74) is 5.23. The van der Waals surface area contributed by atoms with Crippen LogP contribution in [0, 0.1) is 11.8 Å². The molecule has 5 nitrogen and oxygen atoms in total. The lowest BCUT2D eigenvalue weighted by molar-refractivity contribution is -0.142. The molecule has 116 valence electrons. The Morgan fingerprint density at radius 1 is 1.40 bits per heavy atom. The van der Waals surface area contributed by atoms with E-state index in [9.17, 15) is 9.90 Å². The fourth-order valence-corrected chi connectivity index (χ4v) is 3.38. The summed E-state index contributed by atoms with van der Waals surface area (Å²) in [5.74, 6) is 0.624. The average molecular weight is 284 g/mol. The summed E-state index contributed by atoms with van der Waals surface area (Å²) in [6, 6.07) is 0.226. The predicted octanol–water partition coefficient (Wildman–Crippen LogP) is 0.750. The maximum Gasteiger partial charge on any atom is 0.225 e. The third-order valence-electron chi connectivity index (χ3n) is 4.92. The van der Waals surface area contributed by atoms with Crippen LogP contribution >= 0.6 is 0 Å². The van der Waals surface area contributed by atoms with Crippen LogP contribution in [0.4, 0.5) is 0 Å². The van der Waals surface area contributed by atoms with Crippen molar-refractivity contribution in [2.24, 2.45) is 17.6 Å². The second-order valence-corrected chi connectivity index (χ2v) is 6.68. The zero-order chi connectivity index (χ0) is 14.8. The largest absolute Gasteiger partial charge is 0.388 e. The SMILES string of the molecule is CC1CC(C(=O)N(C)CC2(O)CCOCC2)CCC1N. The van der Waals surface area contributed by atoms with Crippen LogP contribution in [0.15, 0.2) is 0 Å². The molecule has 20 heavy (non-hydrogen) atoms. The van der Waals surface area contributed by atoms with Gasteiger partial charge in [-0.05, 0) is 25.2 Å². The van der Waals surface area contributed by atoms with Crippen molar-refractivity contribution in [3.63, 3.8) is 0 Å². The molecule has 0 aromatic heterocycles. The van der Waals surface area contributed by atoms with Gasteiger partial charge < -0.3 is 20.5 Å². The van der Waals surface area contributed by atoms with Crippen molar-refractivity contribution in [3.05, 3.63) is 0 Å². The first kappa shape index (κ1) is 15.7. The molecule has 0 aromatic carbocycles. The highest BCUT2D eigenvalue weighted by Crippen LogP contribution is 2.30. The predicted molar refractivity (Wildman–Crippen MR) is 77.1 cm³/mol. The molecular weight excluding hydrogens is 256 g/mol. The minimum atomic E-state index is -0.778. The van der Waals surface area contributed by atoms with E-state index in [1.54, 1.807) is 11.9 Å². The van der Waals surface area contributed by atoms with E-state index < -0.39 is 5.60 Å². The number of hydrogen-bond donors (Lipinski definition) is 2. The molecule has 5 heteroatoms. The lowest BCUT2D eigenvalue weighted by atomic mass is 9.78. The molecule has 1 aliphatic carbocycles. The normalized spacial score (nSPS) is 33.7. The smallest absolute Gasteiger partial charge is 0.225 e. The van der Waals surface area contributed by atoms with E-state index in [-0.39, 0.29) is 17.9 Å². The number of carbonyl (C=O) groups is 1. The van der Waals surface area contributed by atoms with E-state index in [1.807, 2.05) is 0 Å². The molecule has 0 radical (unpaired) electrons. The van der Waals surface area contributed by atoms with Gasteiger partial charge >= 0.3 is 0 Å². The number of ether oxygens (including phenoxy) is 1. The van der Waals surface area contributed by atoms with Crippen LogP contribution in [0.25, 0.3) is 0 Å². The molecular formula is C15H28N2O3. The summed E-state index contributed by atoms with van der Waals surface area (Å²) in [6.45, 7) is 3.68. The van der Waals surface area contributed by atoms with Crippen molar-refractivity contribution in [3.8, 4) is 0 Å². The lowest BCUT2D eigenvalue weighted by Gasteiger charge is -2.38. The summed E-state index contributed by atoms with van der Waals surface area (Å²) in [5, 5.41) is 10.5. The van der Waals surface area contributed by atoms with Crippen molar-refractivity contribution in [1.82, 2.24) is 4.90 Å². The number of carbonyl (C=O) groups excluding carboxylic acids is 1. The highest BCUT2D eigenvalue weighted by Gasteiger charge is 2.36. The number of hydrogen-bond acceptors (Lipinski definition) is 4. The Kier molecular flexibility index (Phi) is 5.04. The Hall–Kier alpha value is -0.650. The van der Waals surface area contributed by atoms with E-state index in [2.05, 4.69) is 6.92 Å². The highest BCUT2D eigenvalue weighted by molar-refractivity contribution is 5.78. The zero-order valence-corrected chi connectivity index (χ0v) is 12.7. The van der Waals surface area contributed by atoms with Gasteiger partial charge in [0, 0.05) is 51.6 Å². The van der Waals surface area contributed by atoms with Crippen LogP contribution in [0.2, 0.25) is 0 Å². The van der Waals surface area contributed by atoms with Crippen LogP contribution in [0.3, 0.4) is 0 Å². The molecule has 0 bridgehead atoms. The van der Waals surface area contributed by atoms with Gasteiger partial charge in [0.25, 0.3) is 0 Å². The number of nitrogens with two attached hydrogens (primary N) is 1. The summed E-state index contributed by atoms with van der Waals surface area (Å²) in [4.78, 5) is 14.2. The molecule has 1 aliphatic heterocycles. The van der Waals surface area contributed by atoms with Gasteiger partial charge in [0.05, 0.1) is 5.60 Å². The van der Waals surface area contributed by atoms with Crippen molar-refractivity contribution < 1.29 is 14.6 Å². The van der Waals surface area contributed by atoms with E-state index in [0.717, 1.165) is 19.3 Å². The molecule has 1 saturated carbocycles. The Morgan fingerprint density at radius 3 is 2.65 bits per heavy atom. The highest BCUT2D eigenvalue weighted by atomic mass is 16.5. The Morgan fingerprint density at radius 2 is 2.05 bits per heavy atom. The Balaban J connectivity index is 1.88. The number of nitrogens with zero attached hydrogens (tertiary/aromatic N) is 1. The van der Waals surface area contributed by atoms with E-state index in [4.69, 9.17) is 10.5 Å². The van der Waals surface area contributed by atoms with Gasteiger partial charge in [-0.25, -0.2) is 0 Å². The molecule has 3 unspecified atom stereocenters. The third kappa shape index (κ3) is 3.71. The molecule has 3 N–H and O–H groups in total. The van der Waals surface area contributed by atoms with Crippen LogP contribution in [-0.4, -0.2) is 54.4 Å². The maximum absolute atomic E-state index is 12.5. The molecule has 2 rings (SSSR count). The lowest BCUT2D eigenvalue weighted by Crippen LogP contribution is -2.49. The second-order valence-electron chi connectivity index (χ2n) is 6.68. The Labute approximate surface area is 121 Å². The number of likely N-dealkylation sites (N-methyl/N-ethyl adjacent to an activating group) is 1. The van der Waals surface area contributed by atoms with Crippen LogP contribution in [0.1, 0.15) is 39.0 Å². The summed E-state index contributed by atoms with van der Waals surface area (Å²) in [6.07, 6.45) is 3.87. The van der Waals surface area contributed by atoms with Crippen LogP contribution in [-0.2, 0) is 9.53 Å².